The number of fused-ring (bicyclic) bond motifs is 2. The van der Waals surface area contributed by atoms with Gasteiger partial charge >= 0.3 is 0 Å². The molecule has 0 saturated heterocycles. The number of guanidine groups is 1. The number of H-pyrrole nitrogens is 2. The Kier molecular flexibility index (Phi) is 4.17. The fourth-order valence-electron chi connectivity index (χ4n) is 2.67. The molecule has 7 heteroatoms. The molecule has 5 N–H and O–H groups in total. The van der Waals surface area contributed by atoms with Gasteiger partial charge < -0.3 is 15.7 Å². The van der Waals surface area contributed by atoms with E-state index in [9.17, 15) is 0 Å². The van der Waals surface area contributed by atoms with Crippen LogP contribution in [-0.2, 0) is 0 Å². The molecule has 26 heavy (non-hydrogen) atoms. The Morgan fingerprint density at radius 1 is 0.846 bits per heavy atom. The second-order valence-electron chi connectivity index (χ2n) is 5.72. The fraction of sp³-hybridized carbons (Fsp3) is 0. The van der Waals surface area contributed by atoms with Crippen molar-refractivity contribution in [2.24, 2.45) is 21.0 Å². The van der Waals surface area contributed by atoms with Gasteiger partial charge in [-0.2, -0.15) is 10.2 Å². The van der Waals surface area contributed by atoms with Crippen LogP contribution in [0.25, 0.3) is 21.8 Å². The Morgan fingerprint density at radius 2 is 1.42 bits per heavy atom. The van der Waals surface area contributed by atoms with Crippen molar-refractivity contribution in [1.29, 1.82) is 0 Å². The highest BCUT2D eigenvalue weighted by atomic mass is 15.4. The molecule has 128 valence electrons. The molecule has 0 radical (unpaired) electrons. The first kappa shape index (κ1) is 15.6. The van der Waals surface area contributed by atoms with Crippen LogP contribution in [-0.4, -0.2) is 28.4 Å². The maximum Gasteiger partial charge on any atom is 0.234 e. The predicted molar refractivity (Wildman–Crippen MR) is 107 cm³/mol. The van der Waals surface area contributed by atoms with E-state index in [1.807, 2.05) is 60.7 Å². The van der Waals surface area contributed by atoms with Crippen LogP contribution >= 0.6 is 0 Å². The van der Waals surface area contributed by atoms with Crippen LogP contribution in [0.5, 0.6) is 0 Å². The third kappa shape index (κ3) is 3.46. The lowest BCUT2D eigenvalue weighted by Crippen LogP contribution is -2.26. The lowest BCUT2D eigenvalue weighted by molar-refractivity contribution is 0.993. The van der Waals surface area contributed by atoms with E-state index in [0.717, 1.165) is 33.2 Å². The monoisotopic (exact) mass is 343 g/mol. The summed E-state index contributed by atoms with van der Waals surface area (Å²) in [5.74, 6) is 0.102. The van der Waals surface area contributed by atoms with Crippen LogP contribution in [0.4, 0.5) is 0 Å². The first-order valence-corrected chi connectivity index (χ1v) is 8.09. The number of rotatable bonds is 4. The summed E-state index contributed by atoms with van der Waals surface area (Å²) >= 11 is 0. The number of para-hydroxylation sites is 2. The minimum atomic E-state index is 0.102. The second-order valence-corrected chi connectivity index (χ2v) is 5.72. The zero-order valence-corrected chi connectivity index (χ0v) is 13.8. The fourth-order valence-corrected chi connectivity index (χ4v) is 2.67. The number of nitrogens with two attached hydrogens (primary N) is 1. The van der Waals surface area contributed by atoms with E-state index in [2.05, 4.69) is 30.7 Å². The maximum absolute atomic E-state index is 5.74. The van der Waals surface area contributed by atoms with Gasteiger partial charge in [0.2, 0.25) is 5.96 Å². The third-order valence-electron chi connectivity index (χ3n) is 3.85. The van der Waals surface area contributed by atoms with Gasteiger partial charge in [0.15, 0.2) is 0 Å². The predicted octanol–water partition coefficient (Wildman–Crippen LogP) is 2.92. The highest BCUT2D eigenvalue weighted by molar-refractivity contribution is 5.91. The smallest absolute Gasteiger partial charge is 0.234 e. The highest BCUT2D eigenvalue weighted by Crippen LogP contribution is 2.14. The lowest BCUT2D eigenvalue weighted by Gasteiger charge is -1.94. The van der Waals surface area contributed by atoms with Crippen LogP contribution in [0.1, 0.15) is 11.4 Å². The van der Waals surface area contributed by atoms with E-state index in [-0.39, 0.29) is 5.96 Å². The highest BCUT2D eigenvalue weighted by Gasteiger charge is 1.97. The molecule has 0 amide bonds. The van der Waals surface area contributed by atoms with Crippen molar-refractivity contribution in [2.75, 3.05) is 0 Å². The van der Waals surface area contributed by atoms with Gasteiger partial charge in [-0.25, -0.2) is 5.43 Å². The van der Waals surface area contributed by atoms with Gasteiger partial charge in [0.1, 0.15) is 0 Å². The number of hydrazone groups is 1. The second kappa shape index (κ2) is 6.94. The van der Waals surface area contributed by atoms with Crippen molar-refractivity contribution in [3.05, 3.63) is 72.1 Å². The van der Waals surface area contributed by atoms with Crippen LogP contribution in [0.3, 0.4) is 0 Å². The van der Waals surface area contributed by atoms with Gasteiger partial charge in [-0.05, 0) is 24.3 Å². The summed E-state index contributed by atoms with van der Waals surface area (Å²) in [6.45, 7) is 0. The number of nitrogens with zero attached hydrogens (tertiary/aromatic N) is 3. The molecule has 7 nitrogen and oxygen atoms in total. The van der Waals surface area contributed by atoms with Crippen molar-refractivity contribution >= 4 is 40.2 Å². The van der Waals surface area contributed by atoms with Crippen molar-refractivity contribution in [3.63, 3.8) is 0 Å². The largest absolute Gasteiger partial charge is 0.367 e. The van der Waals surface area contributed by atoms with Crippen molar-refractivity contribution in [3.8, 4) is 0 Å². The van der Waals surface area contributed by atoms with E-state index < -0.39 is 0 Å². The number of benzene rings is 2. The molecule has 0 aliphatic heterocycles. The van der Waals surface area contributed by atoms with E-state index >= 15 is 0 Å². The molecular formula is C19H17N7. The number of hydrogen-bond acceptors (Lipinski definition) is 3. The Labute approximate surface area is 149 Å². The minimum absolute atomic E-state index is 0.102. The van der Waals surface area contributed by atoms with Gasteiger partial charge in [0.25, 0.3) is 0 Å². The molecule has 0 bridgehead atoms. The molecule has 2 aromatic carbocycles. The molecule has 2 aromatic heterocycles. The summed E-state index contributed by atoms with van der Waals surface area (Å²) in [5.41, 5.74) is 12.2. The average Bonchev–Trinajstić information content (AvgIpc) is 3.24. The molecule has 0 atom stereocenters. The minimum Gasteiger partial charge on any atom is -0.367 e. The Morgan fingerprint density at radius 3 is 2.04 bits per heavy atom. The summed E-state index contributed by atoms with van der Waals surface area (Å²) in [4.78, 5) is 6.48. The summed E-state index contributed by atoms with van der Waals surface area (Å²) in [6.07, 6.45) is 3.25. The molecule has 0 aliphatic rings. The van der Waals surface area contributed by atoms with Crippen LogP contribution < -0.4 is 11.2 Å². The Balaban J connectivity index is 1.38. The van der Waals surface area contributed by atoms with Crippen LogP contribution in [0.2, 0.25) is 0 Å². The Hall–Kier alpha value is -3.87. The van der Waals surface area contributed by atoms with Gasteiger partial charge in [0, 0.05) is 21.8 Å². The molecule has 0 aliphatic carbocycles. The van der Waals surface area contributed by atoms with Crippen molar-refractivity contribution in [2.45, 2.75) is 0 Å². The van der Waals surface area contributed by atoms with Crippen LogP contribution in [0, 0.1) is 0 Å². The normalized spacial score (nSPS) is 12.7. The van der Waals surface area contributed by atoms with Gasteiger partial charge in [0.05, 0.1) is 23.8 Å². The standard InChI is InChI=1S/C19H17N7/c20-19(25-21-11-15-9-13-5-1-3-7-17(13)23-15)26-22-12-16-10-14-6-2-4-8-18(14)24-16/h1-12,23-24H,(H3,20,25,26)/b21-11+,22-12+. The molecule has 0 fully saturated rings. The molecule has 2 heterocycles. The number of hydrogen-bond donors (Lipinski definition) is 4. The zero-order valence-electron chi connectivity index (χ0n) is 13.8. The molecule has 0 unspecified atom stereocenters. The molecule has 0 saturated carbocycles. The maximum atomic E-state index is 5.74. The topological polar surface area (TPSA) is 107 Å². The summed E-state index contributed by atoms with van der Waals surface area (Å²) in [6, 6.07) is 20.0. The molecule has 4 rings (SSSR count). The number of aromatic amines is 2. The Bertz CT molecular complexity index is 1060. The van der Waals surface area contributed by atoms with E-state index in [1.54, 1.807) is 12.4 Å². The quantitative estimate of drug-likeness (QED) is 0.260. The van der Waals surface area contributed by atoms with E-state index in [4.69, 9.17) is 5.73 Å². The number of nitrogens with one attached hydrogen (secondary N) is 3. The molecular weight excluding hydrogens is 326 g/mol. The van der Waals surface area contributed by atoms with Crippen LogP contribution in [0.15, 0.2) is 76.0 Å². The third-order valence-corrected chi connectivity index (χ3v) is 3.85. The summed E-state index contributed by atoms with van der Waals surface area (Å²) in [5, 5.41) is 14.1. The summed E-state index contributed by atoms with van der Waals surface area (Å²) < 4.78 is 0. The molecule has 0 spiro atoms. The first-order chi connectivity index (χ1) is 12.8. The van der Waals surface area contributed by atoms with Crippen molar-refractivity contribution < 1.29 is 0 Å². The van der Waals surface area contributed by atoms with E-state index in [1.165, 1.54) is 0 Å². The lowest BCUT2D eigenvalue weighted by atomic mass is 10.2. The zero-order chi connectivity index (χ0) is 17.8. The summed E-state index contributed by atoms with van der Waals surface area (Å²) in [7, 11) is 0. The average molecular weight is 343 g/mol. The first-order valence-electron chi connectivity index (χ1n) is 8.09. The van der Waals surface area contributed by atoms with Gasteiger partial charge in [-0.1, -0.05) is 36.4 Å². The number of aromatic nitrogens is 2. The van der Waals surface area contributed by atoms with Gasteiger partial charge in [-0.3, -0.25) is 0 Å². The molecule has 4 aromatic rings. The van der Waals surface area contributed by atoms with Crippen molar-refractivity contribution in [1.82, 2.24) is 15.4 Å². The van der Waals surface area contributed by atoms with E-state index in [0.29, 0.717) is 0 Å². The van der Waals surface area contributed by atoms with Gasteiger partial charge in [-0.15, -0.1) is 5.10 Å². The SMILES string of the molecule is N/C(=N\N=C\c1cc2ccccc2[nH]1)N/N=C/c1cc2ccccc2[nH]1.